The summed E-state index contributed by atoms with van der Waals surface area (Å²) < 4.78 is 0. The first-order chi connectivity index (χ1) is 8.75. The van der Waals surface area contributed by atoms with E-state index in [0.29, 0.717) is 10.9 Å². The molecule has 0 aliphatic carbocycles. The zero-order valence-corrected chi connectivity index (χ0v) is 10.9. The number of aromatic nitrogens is 1. The van der Waals surface area contributed by atoms with Crippen LogP contribution in [-0.2, 0) is 0 Å². The molecule has 1 aromatic carbocycles. The van der Waals surface area contributed by atoms with Crippen molar-refractivity contribution in [2.24, 2.45) is 5.92 Å². The number of fused-ring (bicyclic) bond motifs is 1. The minimum absolute atomic E-state index is 0.337. The molecule has 2 aromatic rings. The van der Waals surface area contributed by atoms with Crippen molar-refractivity contribution in [2.45, 2.75) is 18.9 Å². The fourth-order valence-corrected chi connectivity index (χ4v) is 2.95. The average Bonchev–Trinajstić information content (AvgIpc) is 2.82. The molecule has 2 heterocycles. The minimum atomic E-state index is -0.403. The number of H-pyrrole nitrogens is 1. The fraction of sp³-hybridized carbons (Fsp3) is 0.429. The highest BCUT2D eigenvalue weighted by molar-refractivity contribution is 6.31. The quantitative estimate of drug-likeness (QED) is 0.781. The number of hydrogen-bond acceptors (Lipinski definition) is 2. The number of hydrogen-bond donors (Lipinski definition) is 3. The Morgan fingerprint density at radius 3 is 2.83 bits per heavy atom. The van der Waals surface area contributed by atoms with Gasteiger partial charge in [-0.3, -0.25) is 0 Å². The van der Waals surface area contributed by atoms with Gasteiger partial charge in [-0.25, -0.2) is 0 Å². The van der Waals surface area contributed by atoms with Gasteiger partial charge in [0.05, 0.1) is 6.10 Å². The van der Waals surface area contributed by atoms with Gasteiger partial charge in [0.1, 0.15) is 0 Å². The molecule has 1 saturated heterocycles. The van der Waals surface area contributed by atoms with E-state index < -0.39 is 6.10 Å². The second-order valence-electron chi connectivity index (χ2n) is 4.97. The molecule has 1 atom stereocenters. The number of benzene rings is 1. The molecule has 1 unspecified atom stereocenters. The number of piperidine rings is 1. The van der Waals surface area contributed by atoms with E-state index >= 15 is 0 Å². The predicted octanol–water partition coefficient (Wildman–Crippen LogP) is 2.85. The Morgan fingerprint density at radius 1 is 1.28 bits per heavy atom. The van der Waals surface area contributed by atoms with Crippen LogP contribution < -0.4 is 5.32 Å². The average molecular weight is 265 g/mol. The first-order valence-corrected chi connectivity index (χ1v) is 6.79. The van der Waals surface area contributed by atoms with Crippen molar-refractivity contribution >= 4 is 22.5 Å². The Labute approximate surface area is 111 Å². The summed E-state index contributed by atoms with van der Waals surface area (Å²) in [5.41, 5.74) is 2.00. The van der Waals surface area contributed by atoms with Crippen molar-refractivity contribution in [3.63, 3.8) is 0 Å². The summed E-state index contributed by atoms with van der Waals surface area (Å²) in [7, 11) is 0. The number of nitrogens with one attached hydrogen (secondary N) is 2. The maximum Gasteiger partial charge on any atom is 0.0839 e. The molecule has 3 nitrogen and oxygen atoms in total. The van der Waals surface area contributed by atoms with Crippen LogP contribution in [0.5, 0.6) is 0 Å². The van der Waals surface area contributed by atoms with Gasteiger partial charge in [0, 0.05) is 27.7 Å². The van der Waals surface area contributed by atoms with Crippen LogP contribution in [0.1, 0.15) is 24.5 Å². The summed E-state index contributed by atoms with van der Waals surface area (Å²) in [6.07, 6.45) is 3.55. The fourth-order valence-electron chi connectivity index (χ4n) is 2.77. The molecule has 0 bridgehead atoms. The summed E-state index contributed by atoms with van der Waals surface area (Å²) in [5.74, 6) is 0.337. The van der Waals surface area contributed by atoms with Gasteiger partial charge in [-0.2, -0.15) is 0 Å². The molecule has 3 rings (SSSR count). The third kappa shape index (κ3) is 2.14. The van der Waals surface area contributed by atoms with Crippen molar-refractivity contribution in [3.05, 3.63) is 35.0 Å². The summed E-state index contributed by atoms with van der Waals surface area (Å²) in [6, 6.07) is 5.74. The van der Waals surface area contributed by atoms with Crippen LogP contribution in [0.25, 0.3) is 10.9 Å². The van der Waals surface area contributed by atoms with Gasteiger partial charge >= 0.3 is 0 Å². The first-order valence-electron chi connectivity index (χ1n) is 6.41. The molecule has 3 N–H and O–H groups in total. The molecule has 0 saturated carbocycles. The van der Waals surface area contributed by atoms with E-state index in [9.17, 15) is 5.11 Å². The highest BCUT2D eigenvalue weighted by Gasteiger charge is 2.24. The Bertz CT molecular complexity index is 546. The van der Waals surface area contributed by atoms with Crippen molar-refractivity contribution in [1.82, 2.24) is 10.3 Å². The summed E-state index contributed by atoms with van der Waals surface area (Å²) in [4.78, 5) is 3.20. The summed E-state index contributed by atoms with van der Waals surface area (Å²) in [6.45, 7) is 1.98. The maximum absolute atomic E-state index is 10.5. The van der Waals surface area contributed by atoms with Gasteiger partial charge < -0.3 is 15.4 Å². The molecule has 1 aromatic heterocycles. The van der Waals surface area contributed by atoms with Crippen LogP contribution in [0, 0.1) is 5.92 Å². The molecule has 4 heteroatoms. The Balaban J connectivity index is 1.95. The third-order valence-corrected chi connectivity index (χ3v) is 4.06. The van der Waals surface area contributed by atoms with E-state index in [1.165, 1.54) is 0 Å². The van der Waals surface area contributed by atoms with Gasteiger partial charge in [-0.1, -0.05) is 11.6 Å². The van der Waals surface area contributed by atoms with Crippen molar-refractivity contribution in [1.29, 1.82) is 0 Å². The van der Waals surface area contributed by atoms with E-state index in [2.05, 4.69) is 10.3 Å². The molecular formula is C14H17ClN2O. The molecule has 96 valence electrons. The predicted molar refractivity (Wildman–Crippen MR) is 73.9 cm³/mol. The van der Waals surface area contributed by atoms with E-state index in [0.717, 1.165) is 42.4 Å². The molecule has 18 heavy (non-hydrogen) atoms. The Hall–Kier alpha value is -1.03. The van der Waals surface area contributed by atoms with Crippen molar-refractivity contribution in [2.75, 3.05) is 13.1 Å². The van der Waals surface area contributed by atoms with E-state index in [1.807, 2.05) is 24.4 Å². The minimum Gasteiger partial charge on any atom is -0.388 e. The number of aliphatic hydroxyl groups excluding tert-OH is 1. The maximum atomic E-state index is 10.5. The molecule has 0 radical (unpaired) electrons. The van der Waals surface area contributed by atoms with Gasteiger partial charge in [0.15, 0.2) is 0 Å². The molecule has 1 fully saturated rings. The highest BCUT2D eigenvalue weighted by Crippen LogP contribution is 2.34. The third-order valence-electron chi connectivity index (χ3n) is 3.82. The largest absolute Gasteiger partial charge is 0.388 e. The topological polar surface area (TPSA) is 48.0 Å². The smallest absolute Gasteiger partial charge is 0.0839 e. The van der Waals surface area contributed by atoms with Crippen LogP contribution in [0.3, 0.4) is 0 Å². The van der Waals surface area contributed by atoms with E-state index in [1.54, 1.807) is 0 Å². The van der Waals surface area contributed by atoms with Crippen molar-refractivity contribution in [3.8, 4) is 0 Å². The van der Waals surface area contributed by atoms with Gasteiger partial charge in [-0.15, -0.1) is 0 Å². The molecule has 0 amide bonds. The number of aliphatic hydroxyl groups is 1. The molecule has 1 aliphatic rings. The number of aromatic amines is 1. The van der Waals surface area contributed by atoms with Crippen molar-refractivity contribution < 1.29 is 5.11 Å². The first kappa shape index (κ1) is 12.0. The second-order valence-corrected chi connectivity index (χ2v) is 5.40. The van der Waals surface area contributed by atoms with E-state index in [4.69, 9.17) is 11.6 Å². The van der Waals surface area contributed by atoms with Gasteiger partial charge in [0.25, 0.3) is 0 Å². The van der Waals surface area contributed by atoms with Crippen LogP contribution in [-0.4, -0.2) is 23.2 Å². The lowest BCUT2D eigenvalue weighted by Gasteiger charge is -2.27. The molecular weight excluding hydrogens is 248 g/mol. The SMILES string of the molecule is OC(c1c[nH]c2ccc(Cl)cc12)C1CCNCC1. The van der Waals surface area contributed by atoms with Gasteiger partial charge in [-0.05, 0) is 50.0 Å². The van der Waals surface area contributed by atoms with E-state index in [-0.39, 0.29) is 0 Å². The standard InChI is InChI=1S/C14H17ClN2O/c15-10-1-2-13-11(7-10)12(8-17-13)14(18)9-3-5-16-6-4-9/h1-2,7-9,14,16-18H,3-6H2. The highest BCUT2D eigenvalue weighted by atomic mass is 35.5. The molecule has 0 spiro atoms. The second kappa shape index (κ2) is 4.92. The zero-order chi connectivity index (χ0) is 12.5. The Kier molecular flexibility index (Phi) is 3.29. The van der Waals surface area contributed by atoms with Crippen LogP contribution in [0.4, 0.5) is 0 Å². The Morgan fingerprint density at radius 2 is 2.06 bits per heavy atom. The normalized spacial score (nSPS) is 19.2. The number of rotatable bonds is 2. The van der Waals surface area contributed by atoms with Crippen LogP contribution >= 0.6 is 11.6 Å². The lowest BCUT2D eigenvalue weighted by Crippen LogP contribution is -2.30. The molecule has 1 aliphatic heterocycles. The zero-order valence-electron chi connectivity index (χ0n) is 10.1. The van der Waals surface area contributed by atoms with Gasteiger partial charge in [0.2, 0.25) is 0 Å². The van der Waals surface area contributed by atoms with Crippen LogP contribution in [0.2, 0.25) is 5.02 Å². The monoisotopic (exact) mass is 264 g/mol. The summed E-state index contributed by atoms with van der Waals surface area (Å²) >= 11 is 6.03. The lowest BCUT2D eigenvalue weighted by molar-refractivity contribution is 0.0902. The van der Waals surface area contributed by atoms with Crippen LogP contribution in [0.15, 0.2) is 24.4 Å². The lowest BCUT2D eigenvalue weighted by atomic mass is 9.88. The summed E-state index contributed by atoms with van der Waals surface area (Å²) in [5, 5.41) is 15.6. The number of halogens is 1.